The first-order valence-electron chi connectivity index (χ1n) is 4.04. The Hall–Kier alpha value is 0.150. The fraction of sp³-hybridized carbons (Fsp3) is 0.400. The third kappa shape index (κ3) is 3.80. The first-order chi connectivity index (χ1) is 5.61. The van der Waals surface area contributed by atoms with Crippen molar-refractivity contribution >= 4 is 36.7 Å². The van der Waals surface area contributed by atoms with Crippen LogP contribution in [0.25, 0.3) is 0 Å². The molecule has 13 heavy (non-hydrogen) atoms. The van der Waals surface area contributed by atoms with Gasteiger partial charge in [0.25, 0.3) is 0 Å². The monoisotopic (exact) mass is 236 g/mol. The SMILES string of the molecule is CC(C)Cc1c(Cl)cccc1Cl.S. The third-order valence-electron chi connectivity index (χ3n) is 1.67. The average molecular weight is 237 g/mol. The highest BCUT2D eigenvalue weighted by Gasteiger charge is 2.06. The highest BCUT2D eigenvalue weighted by molar-refractivity contribution is 7.59. The lowest BCUT2D eigenvalue weighted by molar-refractivity contribution is 0.647. The van der Waals surface area contributed by atoms with Crippen LogP contribution in [0.1, 0.15) is 19.4 Å². The molecule has 1 rings (SSSR count). The minimum Gasteiger partial charge on any atom is -0.197 e. The fourth-order valence-corrected chi connectivity index (χ4v) is 1.69. The van der Waals surface area contributed by atoms with Crippen LogP contribution in [-0.4, -0.2) is 0 Å². The Bertz CT molecular complexity index is 251. The van der Waals surface area contributed by atoms with E-state index in [2.05, 4.69) is 13.8 Å². The molecule has 0 saturated carbocycles. The number of hydrogen-bond donors (Lipinski definition) is 0. The molecule has 0 fully saturated rings. The number of halogens is 2. The molecule has 0 heterocycles. The molecule has 0 spiro atoms. The maximum Gasteiger partial charge on any atom is 0.0452 e. The molecule has 0 aliphatic heterocycles. The maximum absolute atomic E-state index is 5.99. The van der Waals surface area contributed by atoms with Crippen molar-refractivity contribution < 1.29 is 0 Å². The second kappa shape index (κ2) is 5.79. The molecule has 74 valence electrons. The first-order valence-corrected chi connectivity index (χ1v) is 4.79. The summed E-state index contributed by atoms with van der Waals surface area (Å²) in [5.74, 6) is 0.586. The minimum atomic E-state index is 0. The summed E-state index contributed by atoms with van der Waals surface area (Å²) in [5, 5.41) is 1.55. The summed E-state index contributed by atoms with van der Waals surface area (Å²) in [4.78, 5) is 0. The number of hydrogen-bond acceptors (Lipinski definition) is 0. The Kier molecular flexibility index (Phi) is 5.86. The molecule has 0 unspecified atom stereocenters. The van der Waals surface area contributed by atoms with Crippen LogP contribution in [0.15, 0.2) is 18.2 Å². The van der Waals surface area contributed by atoms with Gasteiger partial charge in [-0.1, -0.05) is 43.1 Å². The predicted molar refractivity (Wildman–Crippen MR) is 65.4 cm³/mol. The molecule has 0 amide bonds. The summed E-state index contributed by atoms with van der Waals surface area (Å²) in [5.41, 5.74) is 1.07. The normalized spacial score (nSPS) is 9.92. The van der Waals surface area contributed by atoms with Gasteiger partial charge >= 0.3 is 0 Å². The minimum absolute atomic E-state index is 0. The van der Waals surface area contributed by atoms with Gasteiger partial charge in [-0.15, -0.1) is 0 Å². The summed E-state index contributed by atoms with van der Waals surface area (Å²) >= 11 is 12.0. The van der Waals surface area contributed by atoms with Crippen LogP contribution < -0.4 is 0 Å². The summed E-state index contributed by atoms with van der Waals surface area (Å²) < 4.78 is 0. The van der Waals surface area contributed by atoms with Gasteiger partial charge in [0.15, 0.2) is 0 Å². The van der Waals surface area contributed by atoms with Crippen molar-refractivity contribution in [3.8, 4) is 0 Å². The zero-order valence-electron chi connectivity index (χ0n) is 7.77. The molecule has 0 radical (unpaired) electrons. The molecule has 0 aliphatic rings. The largest absolute Gasteiger partial charge is 0.197 e. The smallest absolute Gasteiger partial charge is 0.0452 e. The van der Waals surface area contributed by atoms with E-state index in [1.165, 1.54) is 0 Å². The quantitative estimate of drug-likeness (QED) is 0.719. The second-order valence-corrected chi connectivity index (χ2v) is 4.11. The van der Waals surface area contributed by atoms with Gasteiger partial charge in [-0.3, -0.25) is 0 Å². The van der Waals surface area contributed by atoms with Crippen molar-refractivity contribution in [1.29, 1.82) is 0 Å². The molecule has 0 atom stereocenters. The van der Waals surface area contributed by atoms with Gasteiger partial charge in [0.2, 0.25) is 0 Å². The van der Waals surface area contributed by atoms with Crippen LogP contribution in [0.4, 0.5) is 0 Å². The van der Waals surface area contributed by atoms with E-state index in [-0.39, 0.29) is 13.5 Å². The van der Waals surface area contributed by atoms with Crippen molar-refractivity contribution in [3.63, 3.8) is 0 Å². The molecule has 0 nitrogen and oxygen atoms in total. The Morgan fingerprint density at radius 2 is 1.62 bits per heavy atom. The molecular formula is C10H14Cl2S. The van der Waals surface area contributed by atoms with Crippen LogP contribution in [0.5, 0.6) is 0 Å². The van der Waals surface area contributed by atoms with Crippen molar-refractivity contribution in [1.82, 2.24) is 0 Å². The zero-order valence-corrected chi connectivity index (χ0v) is 10.3. The third-order valence-corrected chi connectivity index (χ3v) is 2.38. The van der Waals surface area contributed by atoms with Crippen LogP contribution in [0, 0.1) is 5.92 Å². The predicted octanol–water partition coefficient (Wildman–Crippen LogP) is 4.30. The van der Waals surface area contributed by atoms with Crippen molar-refractivity contribution in [2.24, 2.45) is 5.92 Å². The van der Waals surface area contributed by atoms with E-state index in [1.54, 1.807) is 0 Å². The molecular weight excluding hydrogens is 223 g/mol. The van der Waals surface area contributed by atoms with E-state index in [0.717, 1.165) is 22.0 Å². The summed E-state index contributed by atoms with van der Waals surface area (Å²) in [6, 6.07) is 5.63. The molecule has 0 aliphatic carbocycles. The van der Waals surface area contributed by atoms with Gasteiger partial charge in [-0.05, 0) is 30.0 Å². The fourth-order valence-electron chi connectivity index (χ4n) is 1.14. The Morgan fingerprint density at radius 1 is 1.15 bits per heavy atom. The molecule has 3 heteroatoms. The summed E-state index contributed by atoms with van der Waals surface area (Å²) in [7, 11) is 0. The number of benzene rings is 1. The van der Waals surface area contributed by atoms with E-state index >= 15 is 0 Å². The van der Waals surface area contributed by atoms with Gasteiger partial charge in [-0.25, -0.2) is 0 Å². The summed E-state index contributed by atoms with van der Waals surface area (Å²) in [6.45, 7) is 4.30. The lowest BCUT2D eigenvalue weighted by atomic mass is 10.0. The van der Waals surface area contributed by atoms with Gasteiger partial charge in [0.1, 0.15) is 0 Å². The first kappa shape index (κ1) is 13.2. The van der Waals surface area contributed by atoms with Crippen LogP contribution >= 0.6 is 36.7 Å². The van der Waals surface area contributed by atoms with Gasteiger partial charge in [0, 0.05) is 10.0 Å². The molecule has 0 saturated heterocycles. The van der Waals surface area contributed by atoms with Crippen molar-refractivity contribution in [3.05, 3.63) is 33.8 Å². The van der Waals surface area contributed by atoms with Crippen LogP contribution in [0.3, 0.4) is 0 Å². The molecule has 1 aromatic carbocycles. The highest BCUT2D eigenvalue weighted by Crippen LogP contribution is 2.26. The molecule has 0 aromatic heterocycles. The molecule has 0 bridgehead atoms. The van der Waals surface area contributed by atoms with Gasteiger partial charge in [0.05, 0.1) is 0 Å². The zero-order chi connectivity index (χ0) is 9.14. The Balaban J connectivity index is 0.00000144. The van der Waals surface area contributed by atoms with Gasteiger partial charge < -0.3 is 0 Å². The van der Waals surface area contributed by atoms with E-state index in [0.29, 0.717) is 5.92 Å². The van der Waals surface area contributed by atoms with Gasteiger partial charge in [-0.2, -0.15) is 13.5 Å². The highest BCUT2D eigenvalue weighted by atomic mass is 35.5. The van der Waals surface area contributed by atoms with Crippen molar-refractivity contribution in [2.45, 2.75) is 20.3 Å². The Morgan fingerprint density at radius 3 is 2.00 bits per heavy atom. The Labute approximate surface area is 96.7 Å². The van der Waals surface area contributed by atoms with Crippen molar-refractivity contribution in [2.75, 3.05) is 0 Å². The van der Waals surface area contributed by atoms with Crippen LogP contribution in [0.2, 0.25) is 10.0 Å². The number of rotatable bonds is 2. The lowest BCUT2D eigenvalue weighted by Gasteiger charge is -2.08. The van der Waals surface area contributed by atoms with E-state index < -0.39 is 0 Å². The maximum atomic E-state index is 5.99. The van der Waals surface area contributed by atoms with E-state index in [4.69, 9.17) is 23.2 Å². The molecule has 1 aromatic rings. The second-order valence-electron chi connectivity index (χ2n) is 3.30. The molecule has 0 N–H and O–H groups in total. The van der Waals surface area contributed by atoms with E-state index in [1.807, 2.05) is 18.2 Å². The lowest BCUT2D eigenvalue weighted by Crippen LogP contribution is -1.95. The standard InChI is InChI=1S/C10H12Cl2.H2S/c1-7(2)6-8-9(11)4-3-5-10(8)12;/h3-5,7H,6H2,1-2H3;1H2. The average Bonchev–Trinajstić information content (AvgIpc) is 1.97. The van der Waals surface area contributed by atoms with Crippen LogP contribution in [-0.2, 0) is 6.42 Å². The summed E-state index contributed by atoms with van der Waals surface area (Å²) in [6.07, 6.45) is 0.943. The van der Waals surface area contributed by atoms with E-state index in [9.17, 15) is 0 Å². The topological polar surface area (TPSA) is 0 Å².